The lowest BCUT2D eigenvalue weighted by Crippen LogP contribution is -2.37. The first-order valence-corrected chi connectivity index (χ1v) is 11.4. The Kier molecular flexibility index (Phi) is 6.89. The maximum atomic E-state index is 13.5. The Morgan fingerprint density at radius 1 is 1.09 bits per heavy atom. The first-order chi connectivity index (χ1) is 16.2. The summed E-state index contributed by atoms with van der Waals surface area (Å²) < 4.78 is 19.7. The average molecular weight is 482 g/mol. The smallest absolute Gasteiger partial charge is 0.323 e. The summed E-state index contributed by atoms with van der Waals surface area (Å²) in [5.74, 6) is -1.18. The zero-order valence-electron chi connectivity index (χ0n) is 18.8. The Morgan fingerprint density at radius 2 is 1.85 bits per heavy atom. The molecular formula is C27H25ClFNO4. The van der Waals surface area contributed by atoms with Crippen molar-refractivity contribution in [1.29, 1.82) is 0 Å². The van der Waals surface area contributed by atoms with Gasteiger partial charge in [-0.05, 0) is 60.4 Å². The fourth-order valence-electron chi connectivity index (χ4n) is 4.34. The van der Waals surface area contributed by atoms with Gasteiger partial charge in [0.2, 0.25) is 0 Å². The number of ether oxygens (including phenoxy) is 1. The number of hydrogen-bond acceptors (Lipinski definition) is 3. The number of amides is 1. The summed E-state index contributed by atoms with van der Waals surface area (Å²) in [5.41, 5.74) is 2.61. The molecule has 0 saturated carbocycles. The molecule has 0 fully saturated rings. The van der Waals surface area contributed by atoms with Crippen molar-refractivity contribution in [3.8, 4) is 5.75 Å². The van der Waals surface area contributed by atoms with E-state index in [2.05, 4.69) is 0 Å². The summed E-state index contributed by atoms with van der Waals surface area (Å²) in [6.07, 6.45) is 1.64. The number of aliphatic carboxylic acids is 1. The molecule has 1 aliphatic rings. The van der Waals surface area contributed by atoms with Crippen LogP contribution in [-0.4, -0.2) is 40.6 Å². The molecule has 1 unspecified atom stereocenters. The summed E-state index contributed by atoms with van der Waals surface area (Å²) in [7, 11) is 0. The van der Waals surface area contributed by atoms with Gasteiger partial charge in [0.25, 0.3) is 5.91 Å². The van der Waals surface area contributed by atoms with Gasteiger partial charge in [0.15, 0.2) is 0 Å². The van der Waals surface area contributed by atoms with Crippen molar-refractivity contribution in [2.24, 2.45) is 0 Å². The first-order valence-electron chi connectivity index (χ1n) is 11.0. The highest BCUT2D eigenvalue weighted by atomic mass is 35.5. The van der Waals surface area contributed by atoms with Crippen molar-refractivity contribution >= 4 is 23.5 Å². The normalized spacial score (nSPS) is 16.6. The van der Waals surface area contributed by atoms with E-state index in [0.29, 0.717) is 37.1 Å². The van der Waals surface area contributed by atoms with Crippen LogP contribution in [0.3, 0.4) is 0 Å². The second-order valence-corrected chi connectivity index (χ2v) is 9.24. The fourth-order valence-corrected chi connectivity index (χ4v) is 4.54. The van der Waals surface area contributed by atoms with Gasteiger partial charge in [-0.1, -0.05) is 48.0 Å². The van der Waals surface area contributed by atoms with Crippen molar-refractivity contribution in [3.05, 3.63) is 99.8 Å². The molecule has 0 radical (unpaired) electrons. The minimum Gasteiger partial charge on any atom is -0.487 e. The van der Waals surface area contributed by atoms with E-state index in [4.69, 9.17) is 16.3 Å². The fraction of sp³-hybridized carbons (Fsp3) is 0.259. The molecule has 0 spiro atoms. The molecule has 0 bridgehead atoms. The summed E-state index contributed by atoms with van der Waals surface area (Å²) in [6.45, 7) is 1.89. The van der Waals surface area contributed by atoms with Gasteiger partial charge in [0.1, 0.15) is 23.7 Å². The highest BCUT2D eigenvalue weighted by Gasteiger charge is 2.35. The molecule has 4 rings (SSSR count). The molecule has 1 amide bonds. The average Bonchev–Trinajstić information content (AvgIpc) is 3.14. The minimum atomic E-state index is -1.06. The number of fused-ring (bicyclic) bond motifs is 1. The number of carbonyl (C=O) groups is 2. The van der Waals surface area contributed by atoms with E-state index in [1.807, 2.05) is 37.3 Å². The van der Waals surface area contributed by atoms with Crippen molar-refractivity contribution in [2.75, 3.05) is 13.1 Å². The van der Waals surface area contributed by atoms with Crippen LogP contribution >= 0.6 is 11.6 Å². The molecule has 1 aliphatic heterocycles. The molecule has 5 nitrogen and oxygen atoms in total. The van der Waals surface area contributed by atoms with Gasteiger partial charge in [-0.2, -0.15) is 0 Å². The van der Waals surface area contributed by atoms with Crippen LogP contribution in [0.15, 0.2) is 66.7 Å². The zero-order valence-corrected chi connectivity index (χ0v) is 19.5. The Morgan fingerprint density at radius 3 is 2.56 bits per heavy atom. The molecule has 0 saturated heterocycles. The van der Waals surface area contributed by atoms with Crippen LogP contribution in [0.25, 0.3) is 0 Å². The number of carboxylic acid groups (broad SMARTS) is 1. The van der Waals surface area contributed by atoms with Gasteiger partial charge >= 0.3 is 5.97 Å². The van der Waals surface area contributed by atoms with Crippen LogP contribution in [-0.2, 0) is 24.1 Å². The third kappa shape index (κ3) is 5.57. The summed E-state index contributed by atoms with van der Waals surface area (Å²) in [4.78, 5) is 25.9. The standard InChI is InChI=1S/C27H25ClFNO4/c1-27(15-19-7-9-23(29)22(28)13-19)16-21-14-20(8-10-24(21)34-27)26(33)30(17-25(31)32)12-11-18-5-3-2-4-6-18/h2-10,13-14H,11-12,15-17H2,1H3,(H,31,32). The zero-order chi connectivity index (χ0) is 24.3. The van der Waals surface area contributed by atoms with E-state index in [-0.39, 0.29) is 17.5 Å². The maximum absolute atomic E-state index is 13.5. The SMILES string of the molecule is CC1(Cc2ccc(F)c(Cl)c2)Cc2cc(C(=O)N(CCc3ccccc3)CC(=O)O)ccc2O1. The second kappa shape index (κ2) is 9.85. The summed E-state index contributed by atoms with van der Waals surface area (Å²) in [5, 5.41) is 9.40. The van der Waals surface area contributed by atoms with E-state index in [1.165, 1.54) is 11.0 Å². The molecule has 1 N–H and O–H groups in total. The van der Waals surface area contributed by atoms with Crippen LogP contribution in [0, 0.1) is 5.82 Å². The molecule has 0 aliphatic carbocycles. The minimum absolute atomic E-state index is 0.0681. The Hall–Kier alpha value is -3.38. The van der Waals surface area contributed by atoms with Crippen molar-refractivity contribution in [3.63, 3.8) is 0 Å². The van der Waals surface area contributed by atoms with Crippen molar-refractivity contribution in [1.82, 2.24) is 4.90 Å². The highest BCUT2D eigenvalue weighted by Crippen LogP contribution is 2.38. The third-order valence-corrected chi connectivity index (χ3v) is 6.21. The number of hydrogen-bond donors (Lipinski definition) is 1. The maximum Gasteiger partial charge on any atom is 0.323 e. The van der Waals surface area contributed by atoms with Crippen LogP contribution in [0.5, 0.6) is 5.75 Å². The van der Waals surface area contributed by atoms with E-state index >= 15 is 0 Å². The topological polar surface area (TPSA) is 66.8 Å². The molecule has 176 valence electrons. The van der Waals surface area contributed by atoms with Crippen molar-refractivity contribution in [2.45, 2.75) is 31.8 Å². The lowest BCUT2D eigenvalue weighted by atomic mass is 9.91. The molecule has 3 aromatic rings. The molecule has 34 heavy (non-hydrogen) atoms. The van der Waals surface area contributed by atoms with E-state index < -0.39 is 17.4 Å². The molecule has 1 heterocycles. The van der Waals surface area contributed by atoms with Crippen molar-refractivity contribution < 1.29 is 23.8 Å². The number of carboxylic acids is 1. The van der Waals surface area contributed by atoms with Gasteiger partial charge in [-0.15, -0.1) is 0 Å². The van der Waals surface area contributed by atoms with Crippen LogP contribution in [0.4, 0.5) is 4.39 Å². The van der Waals surface area contributed by atoms with Gasteiger partial charge in [0.05, 0.1) is 5.02 Å². The number of rotatable bonds is 8. The lowest BCUT2D eigenvalue weighted by molar-refractivity contribution is -0.137. The third-order valence-electron chi connectivity index (χ3n) is 5.92. The van der Waals surface area contributed by atoms with Crippen LogP contribution in [0.2, 0.25) is 5.02 Å². The van der Waals surface area contributed by atoms with Gasteiger partial charge in [-0.25, -0.2) is 4.39 Å². The summed E-state index contributed by atoms with van der Waals surface area (Å²) in [6, 6.07) is 19.5. The second-order valence-electron chi connectivity index (χ2n) is 8.83. The lowest BCUT2D eigenvalue weighted by Gasteiger charge is -2.24. The molecule has 1 atom stereocenters. The van der Waals surface area contributed by atoms with E-state index in [1.54, 1.807) is 30.3 Å². The van der Waals surface area contributed by atoms with Crippen LogP contribution in [0.1, 0.15) is 34.0 Å². The Labute approximate surface area is 202 Å². The van der Waals surface area contributed by atoms with Crippen LogP contribution < -0.4 is 4.74 Å². The van der Waals surface area contributed by atoms with E-state index in [9.17, 15) is 19.1 Å². The highest BCUT2D eigenvalue weighted by molar-refractivity contribution is 6.30. The molecule has 7 heteroatoms. The number of carbonyl (C=O) groups excluding carboxylic acids is 1. The quantitative estimate of drug-likeness (QED) is 0.481. The van der Waals surface area contributed by atoms with Gasteiger partial charge in [-0.3, -0.25) is 9.59 Å². The van der Waals surface area contributed by atoms with Gasteiger partial charge in [0, 0.05) is 24.9 Å². The Bertz CT molecular complexity index is 1220. The molecule has 0 aromatic heterocycles. The molecular weight excluding hydrogens is 457 g/mol. The molecule has 3 aromatic carbocycles. The number of benzene rings is 3. The number of halogens is 2. The predicted octanol–water partition coefficient (Wildman–Crippen LogP) is 5.18. The number of nitrogens with zero attached hydrogens (tertiary/aromatic N) is 1. The monoisotopic (exact) mass is 481 g/mol. The van der Waals surface area contributed by atoms with E-state index in [0.717, 1.165) is 16.7 Å². The predicted molar refractivity (Wildman–Crippen MR) is 128 cm³/mol. The Balaban J connectivity index is 1.49. The summed E-state index contributed by atoms with van der Waals surface area (Å²) >= 11 is 5.92. The van der Waals surface area contributed by atoms with Gasteiger partial charge < -0.3 is 14.7 Å². The first kappa shape index (κ1) is 23.8. The largest absolute Gasteiger partial charge is 0.487 e.